The predicted octanol–water partition coefficient (Wildman–Crippen LogP) is 2.44. The van der Waals surface area contributed by atoms with E-state index in [4.69, 9.17) is 5.73 Å². The van der Waals surface area contributed by atoms with E-state index in [1.165, 1.54) is 12.3 Å². The van der Waals surface area contributed by atoms with Crippen molar-refractivity contribution < 1.29 is 4.39 Å². The molecule has 102 valence electrons. The van der Waals surface area contributed by atoms with Gasteiger partial charge in [-0.25, -0.2) is 4.39 Å². The molecule has 2 N–H and O–H groups in total. The van der Waals surface area contributed by atoms with Gasteiger partial charge in [-0.15, -0.1) is 0 Å². The monoisotopic (exact) mass is 326 g/mol. The minimum Gasteiger partial charge on any atom is -0.320 e. The summed E-state index contributed by atoms with van der Waals surface area (Å²) >= 11 is 3.52. The maximum absolute atomic E-state index is 12.9. The number of hydrogen-bond donors (Lipinski definition) is 1. The summed E-state index contributed by atoms with van der Waals surface area (Å²) < 4.78 is 15.7. The van der Waals surface area contributed by atoms with Crippen molar-refractivity contribution in [3.8, 4) is 0 Å². The molecule has 0 fully saturated rings. The molecule has 2 aromatic rings. The summed E-state index contributed by atoms with van der Waals surface area (Å²) in [4.78, 5) is 4.07. The van der Waals surface area contributed by atoms with Gasteiger partial charge in [0.05, 0.1) is 33.3 Å². The van der Waals surface area contributed by atoms with Crippen LogP contribution in [0.1, 0.15) is 24.0 Å². The van der Waals surface area contributed by atoms with Crippen LogP contribution in [-0.2, 0) is 19.0 Å². The number of rotatable bonds is 3. The Morgan fingerprint density at radius 1 is 1.47 bits per heavy atom. The van der Waals surface area contributed by atoms with Gasteiger partial charge in [-0.1, -0.05) is 0 Å². The van der Waals surface area contributed by atoms with E-state index in [2.05, 4.69) is 26.0 Å². The second-order valence-corrected chi connectivity index (χ2v) is 5.72. The fraction of sp³-hybridized carbons (Fsp3) is 0.385. The minimum absolute atomic E-state index is 0.364. The van der Waals surface area contributed by atoms with Crippen LogP contribution in [0.25, 0.3) is 0 Å². The van der Waals surface area contributed by atoms with Gasteiger partial charge in [0.1, 0.15) is 5.82 Å². The van der Waals surface area contributed by atoms with Gasteiger partial charge in [0, 0.05) is 13.5 Å². The molecule has 0 amide bonds. The lowest BCUT2D eigenvalue weighted by molar-refractivity contribution is 0.455. The molecule has 0 aliphatic heterocycles. The number of aromatic nitrogens is 3. The van der Waals surface area contributed by atoms with Crippen molar-refractivity contribution in [2.24, 2.45) is 12.8 Å². The Morgan fingerprint density at radius 2 is 2.16 bits per heavy atom. The molecule has 0 aliphatic carbocycles. The lowest BCUT2D eigenvalue weighted by atomic mass is 9.92. The molecule has 0 radical (unpaired) electrons. The van der Waals surface area contributed by atoms with Gasteiger partial charge in [-0.05, 0) is 41.9 Å². The third-order valence-electron chi connectivity index (χ3n) is 3.11. The highest BCUT2D eigenvalue weighted by Crippen LogP contribution is 2.27. The van der Waals surface area contributed by atoms with Gasteiger partial charge in [-0.3, -0.25) is 9.67 Å². The molecule has 0 bridgehead atoms. The number of halogens is 2. The second kappa shape index (κ2) is 5.02. The lowest BCUT2D eigenvalue weighted by Crippen LogP contribution is -2.37. The number of aryl methyl sites for hydroxylation is 2. The van der Waals surface area contributed by atoms with Crippen LogP contribution >= 0.6 is 15.9 Å². The fourth-order valence-corrected chi connectivity index (χ4v) is 2.50. The number of hydrogen-bond acceptors (Lipinski definition) is 3. The summed E-state index contributed by atoms with van der Waals surface area (Å²) in [5, 5.41) is 4.34. The largest absolute Gasteiger partial charge is 0.320 e. The first-order valence-electron chi connectivity index (χ1n) is 5.90. The molecule has 0 spiro atoms. The van der Waals surface area contributed by atoms with E-state index < -0.39 is 5.54 Å². The maximum Gasteiger partial charge on any atom is 0.141 e. The van der Waals surface area contributed by atoms with Crippen molar-refractivity contribution in [2.45, 2.75) is 25.8 Å². The fourth-order valence-electron chi connectivity index (χ4n) is 2.02. The van der Waals surface area contributed by atoms with Gasteiger partial charge in [0.25, 0.3) is 0 Å². The molecule has 2 rings (SSSR count). The van der Waals surface area contributed by atoms with E-state index in [0.29, 0.717) is 12.1 Å². The Morgan fingerprint density at radius 3 is 2.63 bits per heavy atom. The van der Waals surface area contributed by atoms with Crippen molar-refractivity contribution >= 4 is 15.9 Å². The first-order chi connectivity index (χ1) is 8.81. The number of nitrogens with zero attached hydrogens (tertiary/aromatic N) is 3. The molecule has 0 aliphatic rings. The van der Waals surface area contributed by atoms with Crippen LogP contribution in [0.2, 0.25) is 0 Å². The molecule has 6 heteroatoms. The summed E-state index contributed by atoms with van der Waals surface area (Å²) in [5.41, 5.74) is 8.20. The zero-order valence-corrected chi connectivity index (χ0v) is 12.7. The van der Waals surface area contributed by atoms with Crippen molar-refractivity contribution in [3.63, 3.8) is 0 Å². The normalized spacial score (nSPS) is 14.4. The third kappa shape index (κ3) is 2.84. The van der Waals surface area contributed by atoms with Gasteiger partial charge in [-0.2, -0.15) is 5.10 Å². The summed E-state index contributed by atoms with van der Waals surface area (Å²) in [6.45, 7) is 3.81. The number of pyridine rings is 1. The minimum atomic E-state index is -0.684. The van der Waals surface area contributed by atoms with Gasteiger partial charge in [0.15, 0.2) is 0 Å². The standard InChI is InChI=1S/C13H16BrFN4/c1-8-12(14)10(19(3)18-8)6-13(2,16)11-5-4-9(15)7-17-11/h4-5,7H,6,16H2,1-3H3. The van der Waals surface area contributed by atoms with E-state index in [1.54, 1.807) is 10.7 Å². The van der Waals surface area contributed by atoms with Gasteiger partial charge < -0.3 is 5.73 Å². The summed E-state index contributed by atoms with van der Waals surface area (Å²) in [6, 6.07) is 2.99. The highest BCUT2D eigenvalue weighted by Gasteiger charge is 2.26. The Hall–Kier alpha value is -1.27. The van der Waals surface area contributed by atoms with Gasteiger partial charge >= 0.3 is 0 Å². The second-order valence-electron chi connectivity index (χ2n) is 4.93. The average molecular weight is 327 g/mol. The van der Waals surface area contributed by atoms with Crippen LogP contribution in [0.3, 0.4) is 0 Å². The van der Waals surface area contributed by atoms with Crippen molar-refractivity contribution in [1.82, 2.24) is 14.8 Å². The zero-order chi connectivity index (χ0) is 14.2. The molecule has 0 saturated carbocycles. The predicted molar refractivity (Wildman–Crippen MR) is 75.1 cm³/mol. The summed E-state index contributed by atoms with van der Waals surface area (Å²) in [7, 11) is 1.88. The molecule has 2 heterocycles. The first kappa shape index (κ1) is 14.1. The smallest absolute Gasteiger partial charge is 0.141 e. The van der Waals surface area contributed by atoms with E-state index in [1.807, 2.05) is 20.9 Å². The van der Waals surface area contributed by atoms with Gasteiger partial charge in [0.2, 0.25) is 0 Å². The van der Waals surface area contributed by atoms with E-state index in [9.17, 15) is 4.39 Å². The molecule has 0 saturated heterocycles. The first-order valence-corrected chi connectivity index (χ1v) is 6.69. The van der Waals surface area contributed by atoms with Crippen molar-refractivity contribution in [3.05, 3.63) is 45.7 Å². The van der Waals surface area contributed by atoms with E-state index in [-0.39, 0.29) is 5.82 Å². The van der Waals surface area contributed by atoms with Crippen LogP contribution in [0.15, 0.2) is 22.8 Å². The quantitative estimate of drug-likeness (QED) is 0.942. The molecule has 19 heavy (non-hydrogen) atoms. The highest BCUT2D eigenvalue weighted by atomic mass is 79.9. The maximum atomic E-state index is 12.9. The molecule has 1 unspecified atom stereocenters. The molecular formula is C13H16BrFN4. The molecule has 1 atom stereocenters. The Kier molecular flexibility index (Phi) is 3.73. The van der Waals surface area contributed by atoms with E-state index in [0.717, 1.165) is 15.9 Å². The van der Waals surface area contributed by atoms with Crippen LogP contribution in [0.4, 0.5) is 4.39 Å². The zero-order valence-electron chi connectivity index (χ0n) is 11.1. The molecule has 4 nitrogen and oxygen atoms in total. The van der Waals surface area contributed by atoms with Crippen LogP contribution < -0.4 is 5.73 Å². The third-order valence-corrected chi connectivity index (χ3v) is 4.14. The lowest BCUT2D eigenvalue weighted by Gasteiger charge is -2.24. The number of nitrogens with two attached hydrogens (primary N) is 1. The summed E-state index contributed by atoms with van der Waals surface area (Å²) in [6.07, 6.45) is 1.74. The SMILES string of the molecule is Cc1nn(C)c(CC(C)(N)c2ccc(F)cn2)c1Br. The Balaban J connectivity index is 2.33. The Bertz CT molecular complexity index is 589. The van der Waals surface area contributed by atoms with Crippen LogP contribution in [-0.4, -0.2) is 14.8 Å². The topological polar surface area (TPSA) is 56.7 Å². The van der Waals surface area contributed by atoms with Crippen LogP contribution in [0.5, 0.6) is 0 Å². The van der Waals surface area contributed by atoms with Crippen LogP contribution in [0, 0.1) is 12.7 Å². The highest BCUT2D eigenvalue weighted by molar-refractivity contribution is 9.10. The van der Waals surface area contributed by atoms with Crippen molar-refractivity contribution in [1.29, 1.82) is 0 Å². The Labute approximate surface area is 120 Å². The van der Waals surface area contributed by atoms with E-state index >= 15 is 0 Å². The van der Waals surface area contributed by atoms with Crippen molar-refractivity contribution in [2.75, 3.05) is 0 Å². The molecular weight excluding hydrogens is 311 g/mol. The molecule has 0 aromatic carbocycles. The summed E-state index contributed by atoms with van der Waals surface area (Å²) in [5.74, 6) is -0.364. The molecule has 2 aromatic heterocycles. The average Bonchev–Trinajstić information content (AvgIpc) is 2.56.